The van der Waals surface area contributed by atoms with Gasteiger partial charge in [-0.1, -0.05) is 49.4 Å². The van der Waals surface area contributed by atoms with Crippen molar-refractivity contribution >= 4 is 23.6 Å². The monoisotopic (exact) mass is 431 g/mol. The van der Waals surface area contributed by atoms with Crippen molar-refractivity contribution in [3.8, 4) is 0 Å². The van der Waals surface area contributed by atoms with Crippen molar-refractivity contribution in [3.63, 3.8) is 0 Å². The number of carbonyl (C=O) groups is 1. The highest BCUT2D eigenvalue weighted by atomic mass is 32.2. The molecule has 7 nitrogen and oxygen atoms in total. The second-order valence-corrected chi connectivity index (χ2v) is 9.30. The maximum Gasteiger partial charge on any atom is 0.233 e. The average Bonchev–Trinajstić information content (AvgIpc) is 3.10. The fourth-order valence-corrected chi connectivity index (χ4v) is 4.40. The maximum atomic E-state index is 12.8. The molecule has 1 aromatic heterocycles. The molecular formula is C22H33N5O2S. The van der Waals surface area contributed by atoms with Crippen LogP contribution in [0.2, 0.25) is 0 Å². The number of anilines is 1. The Kier molecular flexibility index (Phi) is 7.77. The predicted octanol–water partition coefficient (Wildman–Crippen LogP) is 3.14. The van der Waals surface area contributed by atoms with Crippen molar-refractivity contribution in [2.75, 3.05) is 44.0 Å². The number of hydrogen-bond donors (Lipinski definition) is 0. The number of benzene rings is 1. The molecule has 1 aliphatic rings. The third kappa shape index (κ3) is 5.76. The summed E-state index contributed by atoms with van der Waals surface area (Å²) in [5, 5.41) is 9.65. The van der Waals surface area contributed by atoms with Gasteiger partial charge in [-0.15, -0.1) is 10.2 Å². The van der Waals surface area contributed by atoms with Gasteiger partial charge >= 0.3 is 0 Å². The fraction of sp³-hybridized carbons (Fsp3) is 0.591. The SMILES string of the molecule is Cc1ccc(CN(C)C(=O)CSc2nnc(N3CCOCC3)n2CC(C)C)c(C)c1. The Balaban J connectivity index is 1.65. The molecule has 1 fully saturated rings. The molecule has 0 aliphatic carbocycles. The van der Waals surface area contributed by atoms with E-state index < -0.39 is 0 Å². The van der Waals surface area contributed by atoms with Gasteiger partial charge in [0.25, 0.3) is 0 Å². The van der Waals surface area contributed by atoms with Crippen molar-refractivity contribution in [1.29, 1.82) is 0 Å². The van der Waals surface area contributed by atoms with Crippen LogP contribution in [0.15, 0.2) is 23.4 Å². The molecule has 164 valence electrons. The number of hydrogen-bond acceptors (Lipinski definition) is 6. The Morgan fingerprint density at radius 2 is 1.97 bits per heavy atom. The lowest BCUT2D eigenvalue weighted by Crippen LogP contribution is -2.38. The van der Waals surface area contributed by atoms with Crippen LogP contribution in [-0.4, -0.2) is 64.7 Å². The molecule has 1 amide bonds. The first kappa shape index (κ1) is 22.6. The lowest BCUT2D eigenvalue weighted by atomic mass is 10.1. The second kappa shape index (κ2) is 10.3. The molecule has 0 radical (unpaired) electrons. The highest BCUT2D eigenvalue weighted by Gasteiger charge is 2.22. The van der Waals surface area contributed by atoms with E-state index in [-0.39, 0.29) is 5.91 Å². The van der Waals surface area contributed by atoms with Gasteiger partial charge in [0.2, 0.25) is 11.9 Å². The first-order valence-electron chi connectivity index (χ1n) is 10.5. The van der Waals surface area contributed by atoms with Gasteiger partial charge < -0.3 is 14.5 Å². The van der Waals surface area contributed by atoms with Crippen LogP contribution >= 0.6 is 11.8 Å². The lowest BCUT2D eigenvalue weighted by molar-refractivity contribution is -0.127. The van der Waals surface area contributed by atoms with Gasteiger partial charge in [-0.25, -0.2) is 0 Å². The molecule has 1 saturated heterocycles. The number of amides is 1. The molecule has 1 aromatic carbocycles. The summed E-state index contributed by atoms with van der Waals surface area (Å²) in [5.74, 6) is 1.78. The van der Waals surface area contributed by atoms with Gasteiger partial charge in [-0.3, -0.25) is 9.36 Å². The van der Waals surface area contributed by atoms with E-state index >= 15 is 0 Å². The summed E-state index contributed by atoms with van der Waals surface area (Å²) >= 11 is 1.47. The molecule has 0 atom stereocenters. The molecule has 1 aliphatic heterocycles. The van der Waals surface area contributed by atoms with Crippen LogP contribution in [-0.2, 0) is 22.6 Å². The van der Waals surface area contributed by atoms with E-state index in [4.69, 9.17) is 4.74 Å². The number of morpholine rings is 1. The standard InChI is InChI=1S/C22H33N5O2S/c1-16(2)13-27-21(26-8-10-29-11-9-26)23-24-22(27)30-15-20(28)25(5)14-19-7-6-17(3)12-18(19)4/h6-7,12,16H,8-11,13-15H2,1-5H3. The van der Waals surface area contributed by atoms with Gasteiger partial charge in [-0.05, 0) is 30.9 Å². The van der Waals surface area contributed by atoms with E-state index in [1.807, 2.05) is 7.05 Å². The normalized spacial score (nSPS) is 14.4. The molecule has 0 N–H and O–H groups in total. The zero-order valence-corrected chi connectivity index (χ0v) is 19.5. The summed E-state index contributed by atoms with van der Waals surface area (Å²) in [6.07, 6.45) is 0. The molecule has 3 rings (SSSR count). The summed E-state index contributed by atoms with van der Waals surface area (Å²) in [7, 11) is 1.86. The van der Waals surface area contributed by atoms with Crippen LogP contribution in [0, 0.1) is 19.8 Å². The summed E-state index contributed by atoms with van der Waals surface area (Å²) < 4.78 is 7.61. The first-order chi connectivity index (χ1) is 14.3. The van der Waals surface area contributed by atoms with E-state index in [0.29, 0.717) is 31.4 Å². The van der Waals surface area contributed by atoms with Crippen LogP contribution in [0.5, 0.6) is 0 Å². The van der Waals surface area contributed by atoms with Gasteiger partial charge in [0.15, 0.2) is 5.16 Å². The van der Waals surface area contributed by atoms with Gasteiger partial charge in [0.05, 0.1) is 19.0 Å². The highest BCUT2D eigenvalue weighted by Crippen LogP contribution is 2.24. The smallest absolute Gasteiger partial charge is 0.233 e. The number of nitrogens with zero attached hydrogens (tertiary/aromatic N) is 5. The molecule has 0 unspecified atom stereocenters. The van der Waals surface area contributed by atoms with Gasteiger partial charge in [-0.2, -0.15) is 0 Å². The molecule has 0 spiro atoms. The summed E-state index contributed by atoms with van der Waals surface area (Å²) in [4.78, 5) is 16.8. The number of aromatic nitrogens is 3. The van der Waals surface area contributed by atoms with Crippen molar-refractivity contribution in [2.24, 2.45) is 5.92 Å². The predicted molar refractivity (Wildman–Crippen MR) is 121 cm³/mol. The van der Waals surface area contributed by atoms with E-state index in [2.05, 4.69) is 65.6 Å². The lowest BCUT2D eigenvalue weighted by Gasteiger charge is -2.28. The largest absolute Gasteiger partial charge is 0.378 e. The van der Waals surface area contributed by atoms with Crippen LogP contribution < -0.4 is 4.90 Å². The van der Waals surface area contributed by atoms with E-state index in [9.17, 15) is 4.79 Å². The van der Waals surface area contributed by atoms with Crippen LogP contribution in [0.3, 0.4) is 0 Å². The molecule has 2 heterocycles. The number of ether oxygens (including phenoxy) is 1. The van der Waals surface area contributed by atoms with Gasteiger partial charge in [0, 0.05) is 33.2 Å². The Morgan fingerprint density at radius 1 is 1.23 bits per heavy atom. The topological polar surface area (TPSA) is 63.5 Å². The third-order valence-electron chi connectivity index (χ3n) is 5.20. The van der Waals surface area contributed by atoms with Gasteiger partial charge in [0.1, 0.15) is 0 Å². The highest BCUT2D eigenvalue weighted by molar-refractivity contribution is 7.99. The minimum atomic E-state index is 0.0898. The first-order valence-corrected chi connectivity index (χ1v) is 11.5. The van der Waals surface area contributed by atoms with Crippen LogP contribution in [0.4, 0.5) is 5.95 Å². The zero-order valence-electron chi connectivity index (χ0n) is 18.7. The van der Waals surface area contributed by atoms with E-state index in [0.717, 1.165) is 30.7 Å². The number of thioether (sulfide) groups is 1. The quantitative estimate of drug-likeness (QED) is 0.599. The van der Waals surface area contributed by atoms with Crippen LogP contribution in [0.1, 0.15) is 30.5 Å². The Labute approximate surface area is 183 Å². The second-order valence-electron chi connectivity index (χ2n) is 8.35. The average molecular weight is 432 g/mol. The summed E-state index contributed by atoms with van der Waals surface area (Å²) in [6, 6.07) is 6.36. The summed E-state index contributed by atoms with van der Waals surface area (Å²) in [6.45, 7) is 13.0. The van der Waals surface area contributed by atoms with Crippen molar-refractivity contribution in [3.05, 3.63) is 34.9 Å². The maximum absolute atomic E-state index is 12.8. The number of rotatable bonds is 8. The Morgan fingerprint density at radius 3 is 2.63 bits per heavy atom. The van der Waals surface area contributed by atoms with Crippen molar-refractivity contribution in [1.82, 2.24) is 19.7 Å². The minimum Gasteiger partial charge on any atom is -0.378 e. The van der Waals surface area contributed by atoms with Crippen LogP contribution in [0.25, 0.3) is 0 Å². The molecule has 0 bridgehead atoms. The van der Waals surface area contributed by atoms with E-state index in [1.165, 1.54) is 28.5 Å². The number of aryl methyl sites for hydroxylation is 2. The van der Waals surface area contributed by atoms with Crippen molar-refractivity contribution in [2.45, 2.75) is 45.9 Å². The fourth-order valence-electron chi connectivity index (χ4n) is 3.51. The Hall–Kier alpha value is -2.06. The molecular weight excluding hydrogens is 398 g/mol. The molecule has 0 saturated carbocycles. The minimum absolute atomic E-state index is 0.0898. The molecule has 8 heteroatoms. The van der Waals surface area contributed by atoms with E-state index in [1.54, 1.807) is 4.90 Å². The third-order valence-corrected chi connectivity index (χ3v) is 6.15. The number of carbonyl (C=O) groups excluding carboxylic acids is 1. The molecule has 30 heavy (non-hydrogen) atoms. The zero-order chi connectivity index (χ0) is 21.7. The Bertz CT molecular complexity index is 861. The van der Waals surface area contributed by atoms with Crippen molar-refractivity contribution < 1.29 is 9.53 Å². The molecule has 2 aromatic rings. The summed E-state index contributed by atoms with van der Waals surface area (Å²) in [5.41, 5.74) is 3.63.